The highest BCUT2D eigenvalue weighted by atomic mass is 35.5. The molecule has 500 valence electrons. The van der Waals surface area contributed by atoms with Crippen molar-refractivity contribution in [3.05, 3.63) is 0 Å². The minimum absolute atomic E-state index is 0.0137. The molecular formula is C78H161ClN4. The van der Waals surface area contributed by atoms with Gasteiger partial charge in [0.1, 0.15) is 0 Å². The summed E-state index contributed by atoms with van der Waals surface area (Å²) < 4.78 is 2.31. The van der Waals surface area contributed by atoms with Crippen molar-refractivity contribution in [1.29, 1.82) is 0 Å². The maximum Gasteiger partial charge on any atom is 0.0374 e. The zero-order valence-corrected chi connectivity index (χ0v) is 60.0. The highest BCUT2D eigenvalue weighted by Gasteiger charge is 2.56. The molecule has 0 radical (unpaired) electrons. The summed E-state index contributed by atoms with van der Waals surface area (Å²) in [5.41, 5.74) is 5.75. The van der Waals surface area contributed by atoms with E-state index >= 15 is 0 Å². The first-order valence-electron chi connectivity index (χ1n) is 39.2. The van der Waals surface area contributed by atoms with Crippen LogP contribution in [0.1, 0.15) is 447 Å². The Hall–Kier alpha value is 0.130. The maximum absolute atomic E-state index is 7.77. The Bertz CT molecular complexity index is 1160. The molecule has 0 heterocycles. The van der Waals surface area contributed by atoms with E-state index in [1.54, 1.807) is 0 Å². The van der Waals surface area contributed by atoms with E-state index in [4.69, 9.17) is 17.5 Å². The number of hydrogen-bond acceptors (Lipinski definition) is 4. The van der Waals surface area contributed by atoms with Crippen LogP contribution in [0.25, 0.3) is 0 Å². The van der Waals surface area contributed by atoms with E-state index in [1.807, 2.05) is 0 Å². The van der Waals surface area contributed by atoms with E-state index in [0.717, 1.165) is 45.4 Å². The molecule has 0 aromatic heterocycles. The molecule has 0 aromatic rings. The Morgan fingerprint density at radius 2 is 0.494 bits per heavy atom. The molecule has 83 heavy (non-hydrogen) atoms. The van der Waals surface area contributed by atoms with Crippen LogP contribution in [0.4, 0.5) is 0 Å². The minimum Gasteiger partial charge on any atom is -0.330 e. The van der Waals surface area contributed by atoms with Crippen molar-refractivity contribution >= 4 is 11.8 Å². The predicted octanol–water partition coefficient (Wildman–Crippen LogP) is 26.7. The van der Waals surface area contributed by atoms with E-state index in [-0.39, 0.29) is 16.5 Å². The van der Waals surface area contributed by atoms with Gasteiger partial charge in [-0.15, -0.1) is 0 Å². The summed E-state index contributed by atoms with van der Waals surface area (Å²) in [7, 11) is 0. The summed E-state index contributed by atoms with van der Waals surface area (Å²) in [5.74, 6) is 0. The minimum atomic E-state index is -0.170. The van der Waals surface area contributed by atoms with Crippen LogP contribution in [0.3, 0.4) is 0 Å². The van der Waals surface area contributed by atoms with Gasteiger partial charge < -0.3 is 11.1 Å². The normalized spacial score (nSPS) is 12.6. The molecule has 4 nitrogen and oxygen atoms in total. The van der Waals surface area contributed by atoms with Gasteiger partial charge >= 0.3 is 0 Å². The smallest absolute Gasteiger partial charge is 0.0374 e. The molecule has 0 unspecified atom stereocenters. The summed E-state index contributed by atoms with van der Waals surface area (Å²) in [4.78, 5) is 3.21. The second-order valence-corrected chi connectivity index (χ2v) is 29.2. The van der Waals surface area contributed by atoms with E-state index < -0.39 is 0 Å². The number of unbranched alkanes of at least 4 members (excludes halogenated alkanes) is 53. The first-order valence-corrected chi connectivity index (χ1v) is 39.6. The van der Waals surface area contributed by atoms with Gasteiger partial charge in [0.15, 0.2) is 0 Å². The SMILES string of the molecule is CCCCCCCCCCCCCCCCN(CCCCCCCCCCCCCCCC)C(CCCCCCCCCCCCCCCC)(CCCCCCCCCCCCCCCC)C(C)(C)C(C)(C)N(Cl)CCCCNCCCN. The molecule has 0 saturated carbocycles. The summed E-state index contributed by atoms with van der Waals surface area (Å²) in [6, 6.07) is 0. The lowest BCUT2D eigenvalue weighted by Gasteiger charge is -2.62. The fourth-order valence-corrected chi connectivity index (χ4v) is 14.6. The second-order valence-electron chi connectivity index (χ2n) is 28.8. The van der Waals surface area contributed by atoms with Crippen LogP contribution in [0.5, 0.6) is 0 Å². The molecule has 3 N–H and O–H groups in total. The number of halogens is 1. The third-order valence-electron chi connectivity index (χ3n) is 20.9. The molecule has 0 aliphatic carbocycles. The van der Waals surface area contributed by atoms with Crippen molar-refractivity contribution in [2.24, 2.45) is 11.1 Å². The van der Waals surface area contributed by atoms with Crippen LogP contribution in [0.2, 0.25) is 0 Å². The topological polar surface area (TPSA) is 44.5 Å². The molecular weight excluding hydrogens is 1030 g/mol. The molecule has 0 spiro atoms. The molecule has 0 fully saturated rings. The summed E-state index contributed by atoms with van der Waals surface area (Å²) in [6.45, 7) is 26.2. The first-order chi connectivity index (χ1) is 40.6. The van der Waals surface area contributed by atoms with Crippen LogP contribution in [0, 0.1) is 5.41 Å². The van der Waals surface area contributed by atoms with Crippen molar-refractivity contribution in [3.8, 4) is 0 Å². The zero-order chi connectivity index (χ0) is 60.7. The Morgan fingerprint density at radius 1 is 0.277 bits per heavy atom. The van der Waals surface area contributed by atoms with Crippen LogP contribution in [-0.2, 0) is 0 Å². The summed E-state index contributed by atoms with van der Waals surface area (Å²) in [6.07, 6.45) is 85.9. The molecule has 0 bridgehead atoms. The molecule has 0 saturated heterocycles. The summed E-state index contributed by atoms with van der Waals surface area (Å²) in [5, 5.41) is 3.65. The average molecular weight is 1190 g/mol. The van der Waals surface area contributed by atoms with E-state index in [9.17, 15) is 0 Å². The third kappa shape index (κ3) is 47.7. The third-order valence-corrected chi connectivity index (χ3v) is 21.5. The van der Waals surface area contributed by atoms with Crippen molar-refractivity contribution in [2.75, 3.05) is 39.3 Å². The van der Waals surface area contributed by atoms with Gasteiger partial charge in [0.05, 0.1) is 0 Å². The standard InChI is InChI=1S/C78H161ClN4/c1-9-13-17-21-25-29-33-37-41-45-49-53-57-61-68-78(69-62-58-54-50-46-42-38-34-30-26-22-18-14-10-2,76(5,6)77(7,8)83(79)75-66-63-71-81-72-67-70-80)82(73-64-59-55-51-47-43-39-35-31-27-23-19-15-11-3)74-65-60-56-52-48-44-40-36-32-28-24-20-16-12-4/h81H,9-75,80H2,1-8H3. The zero-order valence-electron chi connectivity index (χ0n) is 59.2. The monoisotopic (exact) mass is 1190 g/mol. The van der Waals surface area contributed by atoms with Crippen LogP contribution < -0.4 is 11.1 Å². The fourth-order valence-electron chi connectivity index (χ4n) is 14.2. The van der Waals surface area contributed by atoms with Gasteiger partial charge in [-0.2, -0.15) is 0 Å². The second kappa shape index (κ2) is 63.7. The Morgan fingerprint density at radius 3 is 0.747 bits per heavy atom. The van der Waals surface area contributed by atoms with Gasteiger partial charge in [-0.25, -0.2) is 4.42 Å². The lowest BCUT2D eigenvalue weighted by atomic mass is 9.57. The van der Waals surface area contributed by atoms with Crippen molar-refractivity contribution in [3.63, 3.8) is 0 Å². The predicted molar refractivity (Wildman–Crippen MR) is 381 cm³/mol. The maximum atomic E-state index is 7.77. The van der Waals surface area contributed by atoms with Crippen molar-refractivity contribution < 1.29 is 0 Å². The molecule has 0 atom stereocenters. The molecule has 0 aromatic carbocycles. The first kappa shape index (κ1) is 83.1. The lowest BCUT2D eigenvalue weighted by Crippen LogP contribution is -2.68. The highest BCUT2D eigenvalue weighted by molar-refractivity contribution is 6.13. The van der Waals surface area contributed by atoms with Crippen LogP contribution in [0.15, 0.2) is 0 Å². The number of nitrogens with one attached hydrogen (secondary N) is 1. The van der Waals surface area contributed by atoms with Crippen LogP contribution in [-0.4, -0.2) is 59.7 Å². The van der Waals surface area contributed by atoms with Gasteiger partial charge in [0, 0.05) is 23.0 Å². The van der Waals surface area contributed by atoms with Gasteiger partial charge in [0.25, 0.3) is 0 Å². The number of hydrogen-bond donors (Lipinski definition) is 2. The van der Waals surface area contributed by atoms with E-state index in [2.05, 4.69) is 70.0 Å². The molecule has 0 aliphatic heterocycles. The Labute approximate surface area is 532 Å². The molecule has 0 aliphatic rings. The van der Waals surface area contributed by atoms with Gasteiger partial charge in [-0.1, -0.05) is 388 Å². The number of rotatable bonds is 72. The molecule has 0 amide bonds. The highest BCUT2D eigenvalue weighted by Crippen LogP contribution is 2.53. The number of nitrogens with two attached hydrogens (primary N) is 1. The molecule has 5 heteroatoms. The Kier molecular flexibility index (Phi) is 63.8. The van der Waals surface area contributed by atoms with Gasteiger partial charge in [-0.05, 0) is 103 Å². The van der Waals surface area contributed by atoms with E-state index in [1.165, 1.54) is 385 Å². The van der Waals surface area contributed by atoms with Crippen LogP contribution >= 0.6 is 11.8 Å². The average Bonchev–Trinajstić information content (AvgIpc) is 2.95. The number of nitrogens with zero attached hydrogens (tertiary/aromatic N) is 2. The fraction of sp³-hybridized carbons (Fsp3) is 1.00. The van der Waals surface area contributed by atoms with Gasteiger partial charge in [0.2, 0.25) is 0 Å². The van der Waals surface area contributed by atoms with Crippen molar-refractivity contribution in [2.45, 2.75) is 458 Å². The molecule has 0 rings (SSSR count). The Balaban J connectivity index is 6.48. The van der Waals surface area contributed by atoms with E-state index in [0.29, 0.717) is 0 Å². The van der Waals surface area contributed by atoms with Crippen molar-refractivity contribution in [1.82, 2.24) is 14.6 Å². The summed E-state index contributed by atoms with van der Waals surface area (Å²) >= 11 is 7.77. The lowest BCUT2D eigenvalue weighted by molar-refractivity contribution is -0.0996. The quantitative estimate of drug-likeness (QED) is 0.0471. The largest absolute Gasteiger partial charge is 0.330 e. The van der Waals surface area contributed by atoms with Gasteiger partial charge in [-0.3, -0.25) is 4.90 Å².